The number of nitrogens with one attached hydrogen (secondary N) is 2. The number of nitrogen functional groups attached to an aromatic ring is 1. The van der Waals surface area contributed by atoms with E-state index in [1.165, 1.54) is 0 Å². The first-order chi connectivity index (χ1) is 15.9. The zero-order chi connectivity index (χ0) is 23.8. The second kappa shape index (κ2) is 11.2. The van der Waals surface area contributed by atoms with Crippen LogP contribution in [0.15, 0.2) is 47.3 Å². The third-order valence-electron chi connectivity index (χ3n) is 5.55. The summed E-state index contributed by atoms with van der Waals surface area (Å²) in [5.41, 5.74) is 8.27. The molecule has 0 atom stereocenters. The first kappa shape index (κ1) is 23.8. The third-order valence-corrected chi connectivity index (χ3v) is 5.55. The molecule has 0 unspecified atom stereocenters. The Morgan fingerprint density at radius 3 is 2.58 bits per heavy atom. The average molecular weight is 447 g/mol. The lowest BCUT2D eigenvalue weighted by atomic mass is 10.1. The van der Waals surface area contributed by atoms with E-state index in [9.17, 15) is 9.59 Å². The summed E-state index contributed by atoms with van der Waals surface area (Å²) in [7, 11) is 0. The molecule has 3 aromatic rings. The minimum atomic E-state index is -0.279. The van der Waals surface area contributed by atoms with Gasteiger partial charge in [-0.05, 0) is 55.1 Å². The van der Waals surface area contributed by atoms with Crippen LogP contribution in [0.3, 0.4) is 0 Å². The molecule has 0 aliphatic rings. The maximum atomic E-state index is 12.5. The van der Waals surface area contributed by atoms with E-state index in [4.69, 9.17) is 12.2 Å². The Labute approximate surface area is 193 Å². The van der Waals surface area contributed by atoms with Crippen LogP contribution in [0, 0.1) is 12.3 Å². The topological polar surface area (TPSA) is 107 Å². The summed E-state index contributed by atoms with van der Waals surface area (Å²) in [4.78, 5) is 35.6. The Hall–Kier alpha value is -3.83. The van der Waals surface area contributed by atoms with Gasteiger partial charge in [-0.25, -0.2) is 4.98 Å². The maximum absolute atomic E-state index is 12.5. The third kappa shape index (κ3) is 6.11. The number of carbonyl (C=O) groups is 1. The number of benzene rings is 2. The molecule has 2 aromatic carbocycles. The summed E-state index contributed by atoms with van der Waals surface area (Å²) in [6.45, 7) is 8.44. The lowest BCUT2D eigenvalue weighted by Gasteiger charge is -2.23. The molecule has 0 radical (unpaired) electrons. The van der Waals surface area contributed by atoms with E-state index in [1.54, 1.807) is 24.3 Å². The van der Waals surface area contributed by atoms with E-state index in [-0.39, 0.29) is 17.4 Å². The molecular formula is C25H30N6O2. The number of amides is 1. The van der Waals surface area contributed by atoms with Crippen LogP contribution >= 0.6 is 0 Å². The Kier molecular flexibility index (Phi) is 8.06. The fourth-order valence-electron chi connectivity index (χ4n) is 3.66. The molecule has 4 N–H and O–H groups in total. The van der Waals surface area contributed by atoms with Gasteiger partial charge in [-0.15, -0.1) is 6.42 Å². The van der Waals surface area contributed by atoms with Crippen molar-refractivity contribution in [2.24, 2.45) is 0 Å². The summed E-state index contributed by atoms with van der Waals surface area (Å²) >= 11 is 0. The highest BCUT2D eigenvalue weighted by Gasteiger charge is 2.11. The molecule has 0 fully saturated rings. The lowest BCUT2D eigenvalue weighted by molar-refractivity contribution is 0.0949. The minimum Gasteiger partial charge on any atom is -0.369 e. The number of aromatic amines is 1. The molecule has 33 heavy (non-hydrogen) atoms. The van der Waals surface area contributed by atoms with E-state index in [1.807, 2.05) is 23.1 Å². The van der Waals surface area contributed by atoms with Crippen LogP contribution in [0.25, 0.3) is 10.9 Å². The van der Waals surface area contributed by atoms with Gasteiger partial charge >= 0.3 is 0 Å². The molecule has 0 bridgehead atoms. The van der Waals surface area contributed by atoms with Crippen LogP contribution in [-0.2, 0) is 6.54 Å². The zero-order valence-corrected chi connectivity index (χ0v) is 19.1. The molecule has 1 heterocycles. The SMILES string of the molecule is C#CCN(Cc1ccc2nc(N)[nH]c(=O)c2c1)c1ccc(C(=O)NCCN(CC)CC)cc1. The minimum absolute atomic E-state index is 0.0892. The quantitative estimate of drug-likeness (QED) is 0.412. The summed E-state index contributed by atoms with van der Waals surface area (Å²) in [6.07, 6.45) is 5.59. The van der Waals surface area contributed by atoms with Gasteiger partial charge in [0.25, 0.3) is 11.5 Å². The number of carbonyl (C=O) groups excluding carboxylic acids is 1. The van der Waals surface area contributed by atoms with Gasteiger partial charge in [-0.2, -0.15) is 0 Å². The van der Waals surface area contributed by atoms with Crippen molar-refractivity contribution in [2.75, 3.05) is 43.4 Å². The van der Waals surface area contributed by atoms with Crippen molar-refractivity contribution in [1.29, 1.82) is 0 Å². The second-order valence-electron chi connectivity index (χ2n) is 7.69. The number of terminal acetylenes is 1. The largest absolute Gasteiger partial charge is 0.369 e. The maximum Gasteiger partial charge on any atom is 0.260 e. The predicted molar refractivity (Wildman–Crippen MR) is 133 cm³/mol. The van der Waals surface area contributed by atoms with Gasteiger partial charge in [0.1, 0.15) is 0 Å². The second-order valence-corrected chi connectivity index (χ2v) is 7.69. The van der Waals surface area contributed by atoms with Gasteiger partial charge in [0, 0.05) is 30.9 Å². The number of fused-ring (bicyclic) bond motifs is 1. The van der Waals surface area contributed by atoms with E-state index in [2.05, 4.69) is 40.0 Å². The van der Waals surface area contributed by atoms with Gasteiger partial charge in [-0.3, -0.25) is 14.6 Å². The first-order valence-corrected chi connectivity index (χ1v) is 11.0. The highest BCUT2D eigenvalue weighted by atomic mass is 16.1. The highest BCUT2D eigenvalue weighted by molar-refractivity contribution is 5.94. The Morgan fingerprint density at radius 2 is 1.91 bits per heavy atom. The smallest absolute Gasteiger partial charge is 0.260 e. The number of anilines is 2. The monoisotopic (exact) mass is 446 g/mol. The van der Waals surface area contributed by atoms with E-state index >= 15 is 0 Å². The van der Waals surface area contributed by atoms with Gasteiger partial charge in [-0.1, -0.05) is 25.8 Å². The average Bonchev–Trinajstić information content (AvgIpc) is 2.82. The molecule has 1 amide bonds. The summed E-state index contributed by atoms with van der Waals surface area (Å²) in [6, 6.07) is 12.8. The number of rotatable bonds is 10. The number of hydrogen-bond acceptors (Lipinski definition) is 6. The molecule has 172 valence electrons. The molecule has 0 spiro atoms. The summed E-state index contributed by atoms with van der Waals surface area (Å²) in [5, 5.41) is 3.44. The van der Waals surface area contributed by atoms with Crippen molar-refractivity contribution in [3.63, 3.8) is 0 Å². The standard InChI is InChI=1S/C25H30N6O2/c1-4-14-31(17-18-7-12-22-21(16-18)24(33)29-25(26)28-22)20-10-8-19(9-11-20)23(32)27-13-15-30(5-2)6-3/h1,7-12,16H,5-6,13-15,17H2,2-3H3,(H,27,32)(H3,26,28,29,33). The zero-order valence-electron chi connectivity index (χ0n) is 19.1. The fourth-order valence-corrected chi connectivity index (χ4v) is 3.66. The molecule has 0 saturated carbocycles. The number of nitrogens with two attached hydrogens (primary N) is 1. The molecule has 1 aromatic heterocycles. The van der Waals surface area contributed by atoms with Crippen LogP contribution in [0.5, 0.6) is 0 Å². The number of nitrogens with zero attached hydrogens (tertiary/aromatic N) is 3. The molecule has 0 saturated heterocycles. The number of likely N-dealkylation sites (N-methyl/N-ethyl adjacent to an activating group) is 1. The van der Waals surface area contributed by atoms with Crippen molar-refractivity contribution in [3.05, 3.63) is 63.9 Å². The molecule has 8 heteroatoms. The van der Waals surface area contributed by atoms with Gasteiger partial charge in [0.2, 0.25) is 5.95 Å². The molecular weight excluding hydrogens is 416 g/mol. The van der Waals surface area contributed by atoms with Crippen LogP contribution in [0.2, 0.25) is 0 Å². The molecule has 0 aliphatic heterocycles. The van der Waals surface area contributed by atoms with Crippen LogP contribution in [0.4, 0.5) is 11.6 Å². The van der Waals surface area contributed by atoms with Crippen LogP contribution in [0.1, 0.15) is 29.8 Å². The van der Waals surface area contributed by atoms with Gasteiger partial charge in [0.15, 0.2) is 0 Å². The molecule has 8 nitrogen and oxygen atoms in total. The Morgan fingerprint density at radius 1 is 1.18 bits per heavy atom. The predicted octanol–water partition coefficient (Wildman–Crippen LogP) is 2.22. The molecule has 0 aliphatic carbocycles. The normalized spacial score (nSPS) is 10.8. The van der Waals surface area contributed by atoms with Gasteiger partial charge in [0.05, 0.1) is 17.4 Å². The number of hydrogen-bond donors (Lipinski definition) is 3. The van der Waals surface area contributed by atoms with E-state index < -0.39 is 0 Å². The van der Waals surface area contributed by atoms with Gasteiger partial charge < -0.3 is 20.9 Å². The van der Waals surface area contributed by atoms with E-state index in [0.29, 0.717) is 36.1 Å². The lowest BCUT2D eigenvalue weighted by Crippen LogP contribution is -2.34. The molecule has 3 rings (SSSR count). The summed E-state index contributed by atoms with van der Waals surface area (Å²) < 4.78 is 0. The van der Waals surface area contributed by atoms with Crippen LogP contribution in [-0.4, -0.2) is 53.5 Å². The van der Waals surface area contributed by atoms with Crippen molar-refractivity contribution in [2.45, 2.75) is 20.4 Å². The van der Waals surface area contributed by atoms with Crippen molar-refractivity contribution in [3.8, 4) is 12.3 Å². The first-order valence-electron chi connectivity index (χ1n) is 11.0. The van der Waals surface area contributed by atoms with Crippen molar-refractivity contribution >= 4 is 28.4 Å². The van der Waals surface area contributed by atoms with Crippen molar-refractivity contribution in [1.82, 2.24) is 20.2 Å². The van der Waals surface area contributed by atoms with E-state index in [0.717, 1.165) is 30.9 Å². The Bertz CT molecular complexity index is 1190. The summed E-state index contributed by atoms with van der Waals surface area (Å²) in [5.74, 6) is 2.66. The van der Waals surface area contributed by atoms with Crippen molar-refractivity contribution < 1.29 is 4.79 Å². The Balaban J connectivity index is 1.71. The van der Waals surface area contributed by atoms with Crippen LogP contribution < -0.4 is 21.5 Å². The number of aromatic nitrogens is 2. The fraction of sp³-hybridized carbons (Fsp3) is 0.320. The highest BCUT2D eigenvalue weighted by Crippen LogP contribution is 2.20. The number of H-pyrrole nitrogens is 1.